The Hall–Kier alpha value is -0.0500. The first-order valence-corrected chi connectivity index (χ1v) is 7.30. The molecule has 1 N–H and O–H groups in total. The number of rotatable bonds is 5. The highest BCUT2D eigenvalue weighted by molar-refractivity contribution is 9.09. The molecule has 88 valence electrons. The summed E-state index contributed by atoms with van der Waals surface area (Å²) in [6.07, 6.45) is 10.4. The van der Waals surface area contributed by atoms with Crippen molar-refractivity contribution >= 4 is 21.8 Å². The zero-order valence-corrected chi connectivity index (χ0v) is 11.0. The van der Waals surface area contributed by atoms with Crippen LogP contribution in [0.25, 0.3) is 0 Å². The van der Waals surface area contributed by atoms with Crippen molar-refractivity contribution in [1.29, 1.82) is 0 Å². The number of carbonyl (C=O) groups is 1. The summed E-state index contributed by atoms with van der Waals surface area (Å²) in [7, 11) is 0. The number of unbranched alkanes of at least 4 members (excludes halogenated alkanes) is 1. The largest absolute Gasteiger partial charge is 0.353 e. The SMILES string of the molecule is O=C(CCCCBr)NC1CCCCCC1. The van der Waals surface area contributed by atoms with E-state index in [0.717, 1.165) is 18.2 Å². The van der Waals surface area contributed by atoms with Crippen LogP contribution in [0.15, 0.2) is 0 Å². The first-order valence-electron chi connectivity index (χ1n) is 6.18. The van der Waals surface area contributed by atoms with Crippen LogP contribution in [0.2, 0.25) is 0 Å². The van der Waals surface area contributed by atoms with E-state index in [1.54, 1.807) is 0 Å². The maximum absolute atomic E-state index is 11.6. The molecule has 0 unspecified atom stereocenters. The lowest BCUT2D eigenvalue weighted by Gasteiger charge is -2.15. The normalized spacial score (nSPS) is 18.5. The van der Waals surface area contributed by atoms with E-state index in [2.05, 4.69) is 21.2 Å². The third-order valence-corrected chi connectivity index (χ3v) is 3.57. The Balaban J connectivity index is 2.12. The van der Waals surface area contributed by atoms with E-state index in [1.807, 2.05) is 0 Å². The number of alkyl halides is 1. The van der Waals surface area contributed by atoms with Crippen molar-refractivity contribution in [2.24, 2.45) is 0 Å². The van der Waals surface area contributed by atoms with E-state index in [-0.39, 0.29) is 5.91 Å². The molecule has 0 heterocycles. The molecule has 0 bridgehead atoms. The molecule has 2 nitrogen and oxygen atoms in total. The van der Waals surface area contributed by atoms with Crippen LogP contribution in [0.1, 0.15) is 57.8 Å². The molecule has 0 aromatic heterocycles. The van der Waals surface area contributed by atoms with E-state index in [4.69, 9.17) is 0 Å². The Labute approximate surface area is 101 Å². The van der Waals surface area contributed by atoms with Crippen LogP contribution in [0.4, 0.5) is 0 Å². The molecule has 0 atom stereocenters. The molecule has 15 heavy (non-hydrogen) atoms. The van der Waals surface area contributed by atoms with Gasteiger partial charge in [-0.2, -0.15) is 0 Å². The lowest BCUT2D eigenvalue weighted by molar-refractivity contribution is -0.122. The predicted octanol–water partition coefficient (Wildman–Crippen LogP) is 3.39. The number of carbonyl (C=O) groups excluding carboxylic acids is 1. The summed E-state index contributed by atoms with van der Waals surface area (Å²) in [5.41, 5.74) is 0. The fourth-order valence-electron chi connectivity index (χ4n) is 2.10. The van der Waals surface area contributed by atoms with Gasteiger partial charge in [-0.3, -0.25) is 4.79 Å². The van der Waals surface area contributed by atoms with E-state index < -0.39 is 0 Å². The van der Waals surface area contributed by atoms with Crippen molar-refractivity contribution in [1.82, 2.24) is 5.32 Å². The Bertz CT molecular complexity index is 176. The molecule has 3 heteroatoms. The summed E-state index contributed by atoms with van der Waals surface area (Å²) in [6, 6.07) is 0.462. The summed E-state index contributed by atoms with van der Waals surface area (Å²) < 4.78 is 0. The van der Waals surface area contributed by atoms with E-state index >= 15 is 0 Å². The highest BCUT2D eigenvalue weighted by Crippen LogP contribution is 2.17. The second kappa shape index (κ2) is 8.14. The van der Waals surface area contributed by atoms with Gasteiger partial charge in [0.25, 0.3) is 0 Å². The van der Waals surface area contributed by atoms with Crippen LogP contribution in [0, 0.1) is 0 Å². The molecular formula is C12H22BrNO. The van der Waals surface area contributed by atoms with E-state index in [9.17, 15) is 4.79 Å². The highest BCUT2D eigenvalue weighted by atomic mass is 79.9. The lowest BCUT2D eigenvalue weighted by atomic mass is 10.1. The average molecular weight is 276 g/mol. The van der Waals surface area contributed by atoms with Gasteiger partial charge in [-0.1, -0.05) is 41.6 Å². The molecule has 0 saturated heterocycles. The number of amides is 1. The second-order valence-electron chi connectivity index (χ2n) is 4.40. The third-order valence-electron chi connectivity index (χ3n) is 3.01. The molecule has 0 radical (unpaired) electrons. The monoisotopic (exact) mass is 275 g/mol. The molecule has 1 saturated carbocycles. The fourth-order valence-corrected chi connectivity index (χ4v) is 2.50. The predicted molar refractivity (Wildman–Crippen MR) is 67.3 cm³/mol. The molecule has 0 spiro atoms. The summed E-state index contributed by atoms with van der Waals surface area (Å²) >= 11 is 3.38. The van der Waals surface area contributed by atoms with Gasteiger partial charge in [0.05, 0.1) is 0 Å². The van der Waals surface area contributed by atoms with Crippen LogP contribution < -0.4 is 5.32 Å². The Kier molecular flexibility index (Phi) is 7.07. The molecule has 0 aliphatic heterocycles. The minimum atomic E-state index is 0.253. The van der Waals surface area contributed by atoms with Crippen LogP contribution in [-0.4, -0.2) is 17.3 Å². The quantitative estimate of drug-likeness (QED) is 0.465. The molecule has 1 amide bonds. The van der Waals surface area contributed by atoms with Gasteiger partial charge < -0.3 is 5.32 Å². The van der Waals surface area contributed by atoms with Crippen LogP contribution in [0.3, 0.4) is 0 Å². The van der Waals surface area contributed by atoms with Crippen LogP contribution >= 0.6 is 15.9 Å². The Morgan fingerprint density at radius 2 is 1.80 bits per heavy atom. The second-order valence-corrected chi connectivity index (χ2v) is 5.20. The van der Waals surface area contributed by atoms with Crippen molar-refractivity contribution < 1.29 is 4.79 Å². The maximum atomic E-state index is 11.6. The minimum absolute atomic E-state index is 0.253. The highest BCUT2D eigenvalue weighted by Gasteiger charge is 2.13. The van der Waals surface area contributed by atoms with Gasteiger partial charge in [0, 0.05) is 17.8 Å². The fraction of sp³-hybridized carbons (Fsp3) is 0.917. The summed E-state index contributed by atoms with van der Waals surface area (Å²) in [4.78, 5) is 11.6. The van der Waals surface area contributed by atoms with Gasteiger partial charge in [0.2, 0.25) is 5.91 Å². The minimum Gasteiger partial charge on any atom is -0.353 e. The van der Waals surface area contributed by atoms with Gasteiger partial charge in [0.1, 0.15) is 0 Å². The van der Waals surface area contributed by atoms with Gasteiger partial charge in [-0.15, -0.1) is 0 Å². The average Bonchev–Trinajstić information content (AvgIpc) is 2.47. The van der Waals surface area contributed by atoms with Crippen molar-refractivity contribution in [3.63, 3.8) is 0 Å². The molecular weight excluding hydrogens is 254 g/mol. The number of halogens is 1. The summed E-state index contributed by atoms with van der Waals surface area (Å²) in [5, 5.41) is 4.17. The third kappa shape index (κ3) is 6.18. The van der Waals surface area contributed by atoms with E-state index in [0.29, 0.717) is 12.5 Å². The summed E-state index contributed by atoms with van der Waals surface area (Å²) in [6.45, 7) is 0. The molecule has 0 aromatic rings. The van der Waals surface area contributed by atoms with Gasteiger partial charge >= 0.3 is 0 Å². The Morgan fingerprint density at radius 1 is 1.13 bits per heavy atom. The van der Waals surface area contributed by atoms with Crippen molar-refractivity contribution in [3.05, 3.63) is 0 Å². The first-order chi connectivity index (χ1) is 7.33. The topological polar surface area (TPSA) is 29.1 Å². The molecule has 0 aromatic carbocycles. The van der Waals surface area contributed by atoms with Crippen molar-refractivity contribution in [2.75, 3.05) is 5.33 Å². The molecule has 1 aliphatic carbocycles. The zero-order valence-electron chi connectivity index (χ0n) is 9.43. The van der Waals surface area contributed by atoms with E-state index in [1.165, 1.54) is 38.5 Å². The standard InChI is InChI=1S/C12H22BrNO/c13-10-6-5-9-12(15)14-11-7-3-1-2-4-8-11/h11H,1-10H2,(H,14,15). The van der Waals surface area contributed by atoms with Crippen LogP contribution in [0.5, 0.6) is 0 Å². The molecule has 1 aliphatic rings. The van der Waals surface area contributed by atoms with Gasteiger partial charge in [0.15, 0.2) is 0 Å². The number of hydrogen-bond acceptors (Lipinski definition) is 1. The zero-order chi connectivity index (χ0) is 10.9. The first kappa shape index (κ1) is 13.0. The van der Waals surface area contributed by atoms with Gasteiger partial charge in [-0.05, 0) is 25.7 Å². The Morgan fingerprint density at radius 3 is 2.40 bits per heavy atom. The van der Waals surface area contributed by atoms with Crippen LogP contribution in [-0.2, 0) is 4.79 Å². The summed E-state index contributed by atoms with van der Waals surface area (Å²) in [5.74, 6) is 0.253. The van der Waals surface area contributed by atoms with Gasteiger partial charge in [-0.25, -0.2) is 0 Å². The lowest BCUT2D eigenvalue weighted by Crippen LogP contribution is -2.34. The molecule has 1 fully saturated rings. The van der Waals surface area contributed by atoms with Crippen molar-refractivity contribution in [2.45, 2.75) is 63.8 Å². The number of hydrogen-bond donors (Lipinski definition) is 1. The number of nitrogens with one attached hydrogen (secondary N) is 1. The maximum Gasteiger partial charge on any atom is 0.220 e. The van der Waals surface area contributed by atoms with Crippen molar-refractivity contribution in [3.8, 4) is 0 Å². The smallest absolute Gasteiger partial charge is 0.220 e. The molecule has 1 rings (SSSR count).